The standard InChI is InChI=1S/C21H19F2N3O3/c1-28-18-7-3-2-6-15(18)20-24-19(25-29-20)13-5-4-10-26(12-13)21(27)16-11-14(22)8-9-17(16)23/h2-3,6-9,11,13H,4-5,10,12H2,1H3. The molecule has 1 fully saturated rings. The van der Waals surface area contributed by atoms with E-state index in [0.29, 0.717) is 42.5 Å². The van der Waals surface area contributed by atoms with Gasteiger partial charge in [-0.25, -0.2) is 8.78 Å². The van der Waals surface area contributed by atoms with Crippen molar-refractivity contribution in [2.75, 3.05) is 20.2 Å². The predicted molar refractivity (Wildman–Crippen MR) is 101 cm³/mol. The minimum absolute atomic E-state index is 0.156. The summed E-state index contributed by atoms with van der Waals surface area (Å²) < 4.78 is 38.2. The molecule has 150 valence electrons. The summed E-state index contributed by atoms with van der Waals surface area (Å²) >= 11 is 0. The molecule has 2 aromatic carbocycles. The molecule has 1 aliphatic heterocycles. The number of piperidine rings is 1. The number of methoxy groups -OCH3 is 1. The van der Waals surface area contributed by atoms with Crippen LogP contribution >= 0.6 is 0 Å². The average molecular weight is 399 g/mol. The number of aromatic nitrogens is 2. The lowest BCUT2D eigenvalue weighted by Crippen LogP contribution is -2.39. The van der Waals surface area contributed by atoms with E-state index in [1.54, 1.807) is 13.2 Å². The van der Waals surface area contributed by atoms with Crippen LogP contribution in [0.15, 0.2) is 47.0 Å². The molecule has 3 aromatic rings. The number of likely N-dealkylation sites (tertiary alicyclic amines) is 1. The van der Waals surface area contributed by atoms with Crippen molar-refractivity contribution in [1.82, 2.24) is 15.0 Å². The summed E-state index contributed by atoms with van der Waals surface area (Å²) in [6, 6.07) is 10.2. The Labute approximate surface area is 166 Å². The molecule has 1 unspecified atom stereocenters. The van der Waals surface area contributed by atoms with Crippen molar-refractivity contribution in [3.8, 4) is 17.2 Å². The minimum Gasteiger partial charge on any atom is -0.496 e. The van der Waals surface area contributed by atoms with Crippen LogP contribution in [0, 0.1) is 11.6 Å². The van der Waals surface area contributed by atoms with Gasteiger partial charge in [0.15, 0.2) is 5.82 Å². The fourth-order valence-corrected chi connectivity index (χ4v) is 3.54. The summed E-state index contributed by atoms with van der Waals surface area (Å²) in [5.41, 5.74) is 0.410. The zero-order chi connectivity index (χ0) is 20.4. The molecule has 0 radical (unpaired) electrons. The zero-order valence-corrected chi connectivity index (χ0v) is 15.8. The van der Waals surface area contributed by atoms with Crippen LogP contribution in [0.4, 0.5) is 8.78 Å². The van der Waals surface area contributed by atoms with E-state index >= 15 is 0 Å². The van der Waals surface area contributed by atoms with E-state index in [0.717, 1.165) is 24.6 Å². The molecule has 0 saturated carbocycles. The smallest absolute Gasteiger partial charge is 0.261 e. The Morgan fingerprint density at radius 2 is 2.07 bits per heavy atom. The highest BCUT2D eigenvalue weighted by atomic mass is 19.1. The molecule has 8 heteroatoms. The van der Waals surface area contributed by atoms with Crippen molar-refractivity contribution in [3.05, 3.63) is 65.5 Å². The van der Waals surface area contributed by atoms with Gasteiger partial charge in [0.1, 0.15) is 17.4 Å². The first-order chi connectivity index (χ1) is 14.1. The van der Waals surface area contributed by atoms with Crippen molar-refractivity contribution in [2.24, 2.45) is 0 Å². The lowest BCUT2D eigenvalue weighted by molar-refractivity contribution is 0.0698. The van der Waals surface area contributed by atoms with E-state index in [-0.39, 0.29) is 11.5 Å². The van der Waals surface area contributed by atoms with Crippen LogP contribution in [-0.4, -0.2) is 41.1 Å². The highest BCUT2D eigenvalue weighted by Crippen LogP contribution is 2.31. The highest BCUT2D eigenvalue weighted by Gasteiger charge is 2.30. The number of carbonyl (C=O) groups excluding carboxylic acids is 1. The minimum atomic E-state index is -0.739. The van der Waals surface area contributed by atoms with Gasteiger partial charge in [-0.3, -0.25) is 4.79 Å². The Kier molecular flexibility index (Phi) is 5.24. The molecular weight excluding hydrogens is 380 g/mol. The number of hydrogen-bond donors (Lipinski definition) is 0. The Bertz CT molecular complexity index is 1040. The van der Waals surface area contributed by atoms with E-state index in [9.17, 15) is 13.6 Å². The average Bonchev–Trinajstić information content (AvgIpc) is 3.25. The van der Waals surface area contributed by atoms with Gasteiger partial charge in [0, 0.05) is 19.0 Å². The van der Waals surface area contributed by atoms with Crippen LogP contribution in [0.25, 0.3) is 11.5 Å². The van der Waals surface area contributed by atoms with E-state index in [2.05, 4.69) is 10.1 Å². The Hall–Kier alpha value is -3.29. The SMILES string of the molecule is COc1ccccc1-c1nc(C2CCCN(C(=O)c3cc(F)ccc3F)C2)no1. The van der Waals surface area contributed by atoms with Crippen molar-refractivity contribution in [3.63, 3.8) is 0 Å². The van der Waals surface area contributed by atoms with Gasteiger partial charge in [-0.1, -0.05) is 17.3 Å². The third-order valence-electron chi connectivity index (χ3n) is 5.01. The molecule has 4 rings (SSSR count). The van der Waals surface area contributed by atoms with Gasteiger partial charge in [0.05, 0.1) is 18.2 Å². The van der Waals surface area contributed by atoms with Gasteiger partial charge in [-0.2, -0.15) is 4.98 Å². The van der Waals surface area contributed by atoms with Gasteiger partial charge in [0.2, 0.25) is 0 Å². The number of nitrogens with zero attached hydrogens (tertiary/aromatic N) is 3. The van der Waals surface area contributed by atoms with Crippen LogP contribution in [0.5, 0.6) is 5.75 Å². The first-order valence-electron chi connectivity index (χ1n) is 9.28. The molecule has 2 heterocycles. The highest BCUT2D eigenvalue weighted by molar-refractivity contribution is 5.94. The van der Waals surface area contributed by atoms with Crippen LogP contribution in [0.1, 0.15) is 34.9 Å². The molecule has 1 amide bonds. The molecule has 1 aromatic heterocycles. The van der Waals surface area contributed by atoms with Gasteiger partial charge in [-0.15, -0.1) is 0 Å². The van der Waals surface area contributed by atoms with E-state index in [4.69, 9.17) is 9.26 Å². The van der Waals surface area contributed by atoms with Crippen LogP contribution in [0.3, 0.4) is 0 Å². The topological polar surface area (TPSA) is 68.5 Å². The second-order valence-corrected chi connectivity index (χ2v) is 6.87. The van der Waals surface area contributed by atoms with Crippen molar-refractivity contribution in [2.45, 2.75) is 18.8 Å². The van der Waals surface area contributed by atoms with Gasteiger partial charge in [0.25, 0.3) is 11.8 Å². The molecule has 0 N–H and O–H groups in total. The van der Waals surface area contributed by atoms with E-state index in [1.165, 1.54) is 4.90 Å². The predicted octanol–water partition coefficient (Wildman–Crippen LogP) is 4.04. The lowest BCUT2D eigenvalue weighted by Gasteiger charge is -2.31. The number of hydrogen-bond acceptors (Lipinski definition) is 5. The molecule has 1 saturated heterocycles. The number of rotatable bonds is 4. The molecule has 29 heavy (non-hydrogen) atoms. The maximum absolute atomic E-state index is 14.0. The second-order valence-electron chi connectivity index (χ2n) is 6.87. The Morgan fingerprint density at radius 3 is 2.90 bits per heavy atom. The van der Waals surface area contributed by atoms with Crippen molar-refractivity contribution < 1.29 is 22.8 Å². The molecule has 0 spiro atoms. The quantitative estimate of drug-likeness (QED) is 0.662. The monoisotopic (exact) mass is 399 g/mol. The van der Waals surface area contributed by atoms with Crippen LogP contribution in [-0.2, 0) is 0 Å². The van der Waals surface area contributed by atoms with Crippen LogP contribution in [0.2, 0.25) is 0 Å². The summed E-state index contributed by atoms with van der Waals surface area (Å²) in [6.45, 7) is 0.766. The summed E-state index contributed by atoms with van der Waals surface area (Å²) in [5.74, 6) is -0.666. The van der Waals surface area contributed by atoms with Gasteiger partial charge >= 0.3 is 0 Å². The van der Waals surface area contributed by atoms with Crippen LogP contribution < -0.4 is 4.74 Å². The molecule has 0 bridgehead atoms. The zero-order valence-electron chi connectivity index (χ0n) is 15.8. The van der Waals surface area contributed by atoms with E-state index in [1.807, 2.05) is 18.2 Å². The molecule has 1 aliphatic rings. The number of carbonyl (C=O) groups is 1. The van der Waals surface area contributed by atoms with E-state index < -0.39 is 17.5 Å². The summed E-state index contributed by atoms with van der Waals surface area (Å²) in [6.07, 6.45) is 1.46. The molecular formula is C21H19F2N3O3. The Balaban J connectivity index is 1.54. The molecule has 1 atom stereocenters. The first kappa shape index (κ1) is 19.0. The fraction of sp³-hybridized carbons (Fsp3) is 0.286. The first-order valence-corrected chi connectivity index (χ1v) is 9.28. The maximum Gasteiger partial charge on any atom is 0.261 e. The van der Waals surface area contributed by atoms with Crippen molar-refractivity contribution in [1.29, 1.82) is 0 Å². The summed E-state index contributed by atoms with van der Waals surface area (Å²) in [4.78, 5) is 18.7. The van der Waals surface area contributed by atoms with Gasteiger partial charge in [-0.05, 0) is 43.2 Å². The second kappa shape index (κ2) is 7.98. The largest absolute Gasteiger partial charge is 0.496 e. The maximum atomic E-state index is 14.0. The number of para-hydroxylation sites is 1. The Morgan fingerprint density at radius 1 is 1.24 bits per heavy atom. The number of ether oxygens (including phenoxy) is 1. The third-order valence-corrected chi connectivity index (χ3v) is 5.01. The summed E-state index contributed by atoms with van der Waals surface area (Å²) in [5, 5.41) is 4.08. The number of amides is 1. The molecule has 6 nitrogen and oxygen atoms in total. The van der Waals surface area contributed by atoms with Gasteiger partial charge < -0.3 is 14.2 Å². The fourth-order valence-electron chi connectivity index (χ4n) is 3.54. The third kappa shape index (κ3) is 3.83. The number of benzene rings is 2. The summed E-state index contributed by atoms with van der Waals surface area (Å²) in [7, 11) is 1.56. The van der Waals surface area contributed by atoms with Crippen molar-refractivity contribution >= 4 is 5.91 Å². The molecule has 0 aliphatic carbocycles. The number of halogens is 2. The normalized spacial score (nSPS) is 16.7. The lowest BCUT2D eigenvalue weighted by atomic mass is 9.96.